The van der Waals surface area contributed by atoms with Crippen molar-refractivity contribution in [1.82, 2.24) is 15.0 Å². The number of pyridine rings is 3. The third-order valence-electron chi connectivity index (χ3n) is 25.8. The number of benzene rings is 17. The van der Waals surface area contributed by atoms with Crippen molar-refractivity contribution < 1.29 is 60.3 Å². The average molecular weight is 2220 g/mol. The van der Waals surface area contributed by atoms with Crippen molar-refractivity contribution in [2.45, 2.75) is 105 Å². The van der Waals surface area contributed by atoms with Gasteiger partial charge in [0.15, 0.2) is 0 Å². The Kier molecular flexibility index (Phi) is 25.4. The number of hydrogen-bond donors (Lipinski definition) is 0. The first-order valence-corrected chi connectivity index (χ1v) is 44.8. The topological polar surface area (TPSA) is 38.7 Å². The quantitative estimate of drug-likeness (QED) is 0.135. The van der Waals surface area contributed by atoms with Gasteiger partial charge in [-0.25, -0.2) is 0 Å². The van der Waals surface area contributed by atoms with Crippen molar-refractivity contribution in [2.75, 3.05) is 0 Å². The molecule has 0 fully saturated rings. The summed E-state index contributed by atoms with van der Waals surface area (Å²) in [6, 6.07) is 144. The van der Waals surface area contributed by atoms with Gasteiger partial charge in [-0.3, -0.25) is 0 Å². The van der Waals surface area contributed by atoms with E-state index in [1.807, 2.05) is 140 Å². The normalized spacial score (nSPS) is 11.8. The van der Waals surface area contributed by atoms with E-state index in [-0.39, 0.29) is 82.0 Å². The molecular formula is C125H100Ir3N3-3. The first kappa shape index (κ1) is 90.1. The van der Waals surface area contributed by atoms with E-state index in [0.29, 0.717) is 0 Å². The molecule has 1 aliphatic rings. The predicted molar refractivity (Wildman–Crippen MR) is 546 cm³/mol. The summed E-state index contributed by atoms with van der Waals surface area (Å²) in [5.41, 5.74) is 31.6. The van der Waals surface area contributed by atoms with E-state index in [2.05, 4.69) is 353 Å². The van der Waals surface area contributed by atoms with Crippen molar-refractivity contribution in [2.24, 2.45) is 0 Å². The van der Waals surface area contributed by atoms with Crippen LogP contribution in [0, 0.1) is 18.2 Å². The van der Waals surface area contributed by atoms with Crippen LogP contribution in [0.15, 0.2) is 389 Å². The van der Waals surface area contributed by atoms with Crippen molar-refractivity contribution in [1.29, 1.82) is 0 Å². The molecule has 3 heterocycles. The Hall–Kier alpha value is -12.8. The van der Waals surface area contributed by atoms with Gasteiger partial charge < -0.3 is 15.0 Å². The largest absolute Gasteiger partial charge is 0.305 e. The zero-order chi connectivity index (χ0) is 87.7. The van der Waals surface area contributed by atoms with Crippen molar-refractivity contribution in [3.63, 3.8) is 0 Å². The third-order valence-corrected chi connectivity index (χ3v) is 25.8. The van der Waals surface area contributed by atoms with Crippen molar-refractivity contribution >= 4 is 86.2 Å². The molecule has 0 spiro atoms. The first-order valence-electron chi connectivity index (χ1n) is 44.8. The number of rotatable bonds is 9. The molecular weight excluding hydrogens is 2120 g/mol. The van der Waals surface area contributed by atoms with Gasteiger partial charge in [-0.1, -0.05) is 356 Å². The van der Waals surface area contributed by atoms with Gasteiger partial charge in [-0.05, 0) is 261 Å². The Morgan fingerprint density at radius 1 is 0.191 bits per heavy atom. The van der Waals surface area contributed by atoms with Crippen LogP contribution in [-0.4, -0.2) is 15.0 Å². The maximum absolute atomic E-state index is 4.40. The smallest absolute Gasteiger partial charge is 0.0166 e. The molecule has 19 aromatic carbocycles. The summed E-state index contributed by atoms with van der Waals surface area (Å²) in [4.78, 5) is 13.0. The summed E-state index contributed by atoms with van der Waals surface area (Å²) in [5.74, 6) is 0. The van der Waals surface area contributed by atoms with Gasteiger partial charge in [0, 0.05) is 78.9 Å². The fraction of sp³-hybridized carbons (Fsp3) is 0.128. The number of hydrogen-bond acceptors (Lipinski definition) is 3. The summed E-state index contributed by atoms with van der Waals surface area (Å²) >= 11 is 0. The van der Waals surface area contributed by atoms with Crippen LogP contribution in [0.4, 0.5) is 0 Å². The van der Waals surface area contributed by atoms with Crippen LogP contribution in [0.1, 0.15) is 105 Å². The fourth-order valence-electron chi connectivity index (χ4n) is 19.3. The second kappa shape index (κ2) is 36.8. The molecule has 645 valence electrons. The van der Waals surface area contributed by atoms with Crippen LogP contribution < -0.4 is 0 Å². The maximum Gasteiger partial charge on any atom is 0.0166 e. The summed E-state index contributed by atoms with van der Waals surface area (Å²) in [7, 11) is 0. The molecule has 3 radical (unpaired) electrons. The molecule has 23 rings (SSSR count). The van der Waals surface area contributed by atoms with E-state index < -0.39 is 0 Å². The third kappa shape index (κ3) is 17.3. The maximum atomic E-state index is 4.40. The molecule has 0 amide bonds. The first-order chi connectivity index (χ1) is 62.1. The van der Waals surface area contributed by atoms with Crippen LogP contribution in [-0.2, 0) is 82.0 Å². The summed E-state index contributed by atoms with van der Waals surface area (Å²) < 4.78 is 0. The Balaban J connectivity index is 0.000000188. The molecule has 0 atom stereocenters. The second-order valence-corrected chi connectivity index (χ2v) is 38.2. The molecule has 6 heteroatoms. The van der Waals surface area contributed by atoms with Gasteiger partial charge in [0.1, 0.15) is 0 Å². The molecule has 0 bridgehead atoms. The molecule has 0 aliphatic heterocycles. The molecule has 3 nitrogen and oxygen atoms in total. The molecule has 0 unspecified atom stereocenters. The fourth-order valence-corrected chi connectivity index (χ4v) is 19.3. The average Bonchev–Trinajstić information content (AvgIpc) is 1.52. The monoisotopic (exact) mass is 2220 g/mol. The van der Waals surface area contributed by atoms with E-state index >= 15 is 0 Å². The van der Waals surface area contributed by atoms with E-state index in [1.165, 1.54) is 197 Å². The van der Waals surface area contributed by atoms with Crippen LogP contribution in [0.2, 0.25) is 0 Å². The van der Waals surface area contributed by atoms with Crippen LogP contribution >= 0.6 is 0 Å². The van der Waals surface area contributed by atoms with Gasteiger partial charge in [0.2, 0.25) is 0 Å². The van der Waals surface area contributed by atoms with E-state index in [1.54, 1.807) is 12.4 Å². The molecule has 0 saturated heterocycles. The van der Waals surface area contributed by atoms with Gasteiger partial charge in [0.05, 0.1) is 0 Å². The predicted octanol–water partition coefficient (Wildman–Crippen LogP) is 34.3. The molecule has 0 saturated carbocycles. The van der Waals surface area contributed by atoms with Crippen molar-refractivity contribution in [3.8, 4) is 123 Å². The minimum atomic E-state index is -0.0704. The van der Waals surface area contributed by atoms with Gasteiger partial charge in [0.25, 0.3) is 0 Å². The number of nitrogens with zero attached hydrogens (tertiary/aromatic N) is 3. The summed E-state index contributed by atoms with van der Waals surface area (Å²) in [6.45, 7) is 28.5. The minimum Gasteiger partial charge on any atom is -0.305 e. The van der Waals surface area contributed by atoms with E-state index in [9.17, 15) is 0 Å². The molecule has 131 heavy (non-hydrogen) atoms. The van der Waals surface area contributed by atoms with Crippen molar-refractivity contribution in [3.05, 3.63) is 429 Å². The molecule has 1 aliphatic carbocycles. The zero-order valence-corrected chi connectivity index (χ0v) is 83.0. The summed E-state index contributed by atoms with van der Waals surface area (Å²) in [6.07, 6.45) is 5.44. The SMILES string of the molecule is CC(C)(C)c1cc(-c2c3cc4c(cc3c(-c3cc(C(C)(C)C)cc(C(C)(C)C)c3)c3c5cccc6cccc(c23)c65)c2ccc3c5c(ccc4c52)-c2c-3c(-c3ccccc3)c3ccccc3c2-c2ccccc2)cc(C(C)(C)C)c1.[Ir].[Ir].[Ir].[c-]1ccc(-c2ccccc2)cc1-c1ccccn1.[c-]1ccccc1-c1cc(-c2ccccc2)ccn1.[c-]1ccccc1-c1ccccn1. The minimum absolute atomic E-state index is 0. The van der Waals surface area contributed by atoms with E-state index in [0.717, 1.165) is 33.8 Å². The van der Waals surface area contributed by atoms with Crippen LogP contribution in [0.5, 0.6) is 0 Å². The van der Waals surface area contributed by atoms with Crippen LogP contribution in [0.3, 0.4) is 0 Å². The Labute approximate surface area is 811 Å². The second-order valence-electron chi connectivity index (χ2n) is 38.2. The van der Waals surface area contributed by atoms with Gasteiger partial charge >= 0.3 is 0 Å². The van der Waals surface area contributed by atoms with Crippen LogP contribution in [0.25, 0.3) is 209 Å². The zero-order valence-electron chi connectivity index (χ0n) is 75.8. The number of fused-ring (bicyclic) bond motifs is 11. The summed E-state index contributed by atoms with van der Waals surface area (Å²) in [5, 5.41) is 21.2. The molecule has 22 aromatic rings. The van der Waals surface area contributed by atoms with E-state index in [4.69, 9.17) is 0 Å². The van der Waals surface area contributed by atoms with Gasteiger partial charge in [-0.15, -0.1) is 107 Å². The molecule has 0 N–H and O–H groups in total. The molecule has 3 aromatic heterocycles. The Morgan fingerprint density at radius 3 is 0.977 bits per heavy atom. The van der Waals surface area contributed by atoms with Gasteiger partial charge in [-0.2, -0.15) is 0 Å². The Bertz CT molecular complexity index is 7260. The number of aromatic nitrogens is 3. The standard InChI is InChI=1S/C80H68.2C17H12N.C11H8N.3Ir/c1-77(2,3)50-37-48(38-51(41-50)78(4,5)6)69-64-43-62-56-33-35-60-72-61(76-68(47-25-17-14-18-26-47)55-30-20-19-29-54(55)67(75(60)76)46-23-15-13-16-24-46)36-34-57(71(56)72)63(62)44-65(64)70(49-39-52(79(7,8)9)42-53(40-49)80(10,11)12)74-59-32-22-28-45-27-21-31-58(66(45)59)73(69)74;1-3-7-14(8-4-1)16-11-12-18-17(13-16)15-9-5-2-6-10-15;1-2-7-14(8-3-1)15-9-6-10-16(13-15)17-11-4-5-12-18-17;1-2-6-10(7-3-1)11-8-4-5-9-12-11;;;/h13-44H,1-12H3;2*1-9,11-13H;1-6,8-9H;;;/q;3*-1;;;. The Morgan fingerprint density at radius 2 is 0.565 bits per heavy atom.